The van der Waals surface area contributed by atoms with E-state index in [0.29, 0.717) is 47.2 Å². The number of allylic oxidation sites excluding steroid dienone is 4. The summed E-state index contributed by atoms with van der Waals surface area (Å²) in [7, 11) is 0. The minimum atomic E-state index is -0.118. The summed E-state index contributed by atoms with van der Waals surface area (Å²) in [6, 6.07) is 3.43. The van der Waals surface area contributed by atoms with Gasteiger partial charge in [0.1, 0.15) is 0 Å². The molecule has 120 valence electrons. The number of ketones is 2. The predicted octanol–water partition coefficient (Wildman–Crippen LogP) is 3.00. The Kier molecular flexibility index (Phi) is 5.21. The molecule has 0 saturated heterocycles. The van der Waals surface area contributed by atoms with Gasteiger partial charge in [0.25, 0.3) is 0 Å². The van der Waals surface area contributed by atoms with Gasteiger partial charge in [0.2, 0.25) is 5.91 Å². The first-order valence-corrected chi connectivity index (χ1v) is 7.58. The molecule has 0 radical (unpaired) electrons. The summed E-state index contributed by atoms with van der Waals surface area (Å²) >= 11 is 0. The molecule has 1 aromatic rings. The van der Waals surface area contributed by atoms with Crippen molar-refractivity contribution >= 4 is 23.2 Å². The predicted molar refractivity (Wildman–Crippen MR) is 87.8 cm³/mol. The fourth-order valence-corrected chi connectivity index (χ4v) is 2.54. The molecule has 1 N–H and O–H groups in total. The third-order valence-electron chi connectivity index (χ3n) is 4.11. The molecule has 0 saturated carbocycles. The van der Waals surface area contributed by atoms with E-state index in [-0.39, 0.29) is 17.5 Å². The molecule has 1 aromatic heterocycles. The number of amides is 1. The summed E-state index contributed by atoms with van der Waals surface area (Å²) in [5.41, 5.74) is 2.77. The largest absolute Gasteiger partial charge is 0.326 e. The second kappa shape index (κ2) is 7.13. The summed E-state index contributed by atoms with van der Waals surface area (Å²) in [6.45, 7) is 5.04. The quantitative estimate of drug-likeness (QED) is 0.848. The molecular weight excluding hydrogens is 292 g/mol. The molecule has 0 bridgehead atoms. The van der Waals surface area contributed by atoms with Gasteiger partial charge in [0, 0.05) is 46.8 Å². The molecule has 0 aliphatic heterocycles. The Labute approximate surface area is 135 Å². The number of hydrogen-bond acceptors (Lipinski definition) is 4. The summed E-state index contributed by atoms with van der Waals surface area (Å²) in [5, 5.41) is 2.77. The lowest BCUT2D eigenvalue weighted by Crippen LogP contribution is -2.21. The maximum atomic E-state index is 12.3. The first kappa shape index (κ1) is 16.8. The fourth-order valence-electron chi connectivity index (χ4n) is 2.54. The Morgan fingerprint density at radius 3 is 2.26 bits per heavy atom. The van der Waals surface area contributed by atoms with Crippen LogP contribution in [-0.4, -0.2) is 22.5 Å². The summed E-state index contributed by atoms with van der Waals surface area (Å²) in [6.07, 6.45) is 4.46. The van der Waals surface area contributed by atoms with Crippen molar-refractivity contribution in [2.75, 3.05) is 5.32 Å². The SMILES string of the molecule is CC1=C(C)C(=O)C(CCCC(=O)Nc2ccncc2)=C(C)C1=O. The molecule has 0 aromatic carbocycles. The number of carbonyl (C=O) groups excluding carboxylic acids is 3. The summed E-state index contributed by atoms with van der Waals surface area (Å²) in [5.74, 6) is -0.264. The van der Waals surface area contributed by atoms with Crippen LogP contribution in [-0.2, 0) is 14.4 Å². The maximum absolute atomic E-state index is 12.3. The number of aromatic nitrogens is 1. The second-order valence-electron chi connectivity index (χ2n) is 5.65. The van der Waals surface area contributed by atoms with Crippen molar-refractivity contribution in [1.29, 1.82) is 0 Å². The van der Waals surface area contributed by atoms with Crippen LogP contribution in [0.2, 0.25) is 0 Å². The van der Waals surface area contributed by atoms with E-state index in [1.165, 1.54) is 0 Å². The third-order valence-corrected chi connectivity index (χ3v) is 4.11. The van der Waals surface area contributed by atoms with E-state index in [1.54, 1.807) is 45.3 Å². The van der Waals surface area contributed by atoms with E-state index < -0.39 is 0 Å². The lowest BCUT2D eigenvalue weighted by Gasteiger charge is -2.18. The Morgan fingerprint density at radius 2 is 1.61 bits per heavy atom. The maximum Gasteiger partial charge on any atom is 0.224 e. The van der Waals surface area contributed by atoms with E-state index in [2.05, 4.69) is 10.3 Å². The van der Waals surface area contributed by atoms with E-state index in [4.69, 9.17) is 0 Å². The zero-order valence-corrected chi connectivity index (χ0v) is 13.6. The van der Waals surface area contributed by atoms with Crippen LogP contribution < -0.4 is 5.32 Å². The highest BCUT2D eigenvalue weighted by atomic mass is 16.2. The van der Waals surface area contributed by atoms with Crippen LogP contribution in [0.15, 0.2) is 46.8 Å². The van der Waals surface area contributed by atoms with Crippen LogP contribution in [0, 0.1) is 0 Å². The number of anilines is 1. The van der Waals surface area contributed by atoms with Crippen molar-refractivity contribution in [1.82, 2.24) is 4.98 Å². The molecule has 0 fully saturated rings. The third kappa shape index (κ3) is 3.80. The zero-order valence-electron chi connectivity index (χ0n) is 13.6. The Balaban J connectivity index is 1.92. The molecule has 1 aliphatic rings. The normalized spacial score (nSPS) is 15.3. The number of rotatable bonds is 5. The van der Waals surface area contributed by atoms with Gasteiger partial charge in [-0.05, 0) is 45.7 Å². The molecule has 23 heavy (non-hydrogen) atoms. The van der Waals surface area contributed by atoms with Crippen molar-refractivity contribution in [2.24, 2.45) is 0 Å². The van der Waals surface area contributed by atoms with Gasteiger partial charge in [0.05, 0.1) is 0 Å². The monoisotopic (exact) mass is 312 g/mol. The number of hydrogen-bond donors (Lipinski definition) is 1. The van der Waals surface area contributed by atoms with Crippen molar-refractivity contribution in [3.63, 3.8) is 0 Å². The molecule has 5 nitrogen and oxygen atoms in total. The van der Waals surface area contributed by atoms with Gasteiger partial charge in [-0.2, -0.15) is 0 Å². The molecule has 5 heteroatoms. The van der Waals surface area contributed by atoms with Crippen molar-refractivity contribution in [3.05, 3.63) is 46.8 Å². The van der Waals surface area contributed by atoms with Gasteiger partial charge in [-0.15, -0.1) is 0 Å². The van der Waals surface area contributed by atoms with E-state index in [0.717, 1.165) is 0 Å². The van der Waals surface area contributed by atoms with E-state index in [9.17, 15) is 14.4 Å². The van der Waals surface area contributed by atoms with Gasteiger partial charge in [0.15, 0.2) is 11.6 Å². The van der Waals surface area contributed by atoms with Gasteiger partial charge >= 0.3 is 0 Å². The molecule has 1 aliphatic carbocycles. The van der Waals surface area contributed by atoms with Crippen LogP contribution in [0.5, 0.6) is 0 Å². The van der Waals surface area contributed by atoms with Crippen LogP contribution in [0.4, 0.5) is 5.69 Å². The molecule has 2 rings (SSSR count). The lowest BCUT2D eigenvalue weighted by atomic mass is 9.84. The van der Waals surface area contributed by atoms with Gasteiger partial charge in [-0.25, -0.2) is 0 Å². The number of Topliss-reactive ketones (excluding diaryl/α,β-unsaturated/α-hetero) is 2. The van der Waals surface area contributed by atoms with Gasteiger partial charge in [-0.3, -0.25) is 19.4 Å². The van der Waals surface area contributed by atoms with Crippen molar-refractivity contribution in [2.45, 2.75) is 40.0 Å². The molecule has 1 amide bonds. The lowest BCUT2D eigenvalue weighted by molar-refractivity contribution is -0.117. The van der Waals surface area contributed by atoms with E-state index >= 15 is 0 Å². The van der Waals surface area contributed by atoms with E-state index in [1.807, 2.05) is 0 Å². The standard InChI is InChI=1S/C18H20N2O3/c1-11-12(2)18(23)15(13(3)17(11)22)5-4-6-16(21)20-14-7-9-19-10-8-14/h7-10H,4-6H2,1-3H3,(H,19,20,21). The average molecular weight is 312 g/mol. The zero-order chi connectivity index (χ0) is 17.0. The molecule has 0 unspecified atom stereocenters. The van der Waals surface area contributed by atoms with Crippen LogP contribution in [0.3, 0.4) is 0 Å². The number of nitrogens with one attached hydrogen (secondary N) is 1. The van der Waals surface area contributed by atoms with Crippen LogP contribution in [0.25, 0.3) is 0 Å². The van der Waals surface area contributed by atoms with Crippen LogP contribution >= 0.6 is 0 Å². The highest BCUT2D eigenvalue weighted by Crippen LogP contribution is 2.27. The van der Waals surface area contributed by atoms with Gasteiger partial charge in [-0.1, -0.05) is 0 Å². The first-order valence-electron chi connectivity index (χ1n) is 7.58. The Bertz CT molecular complexity index is 715. The fraction of sp³-hybridized carbons (Fsp3) is 0.333. The highest BCUT2D eigenvalue weighted by Gasteiger charge is 2.27. The Morgan fingerprint density at radius 1 is 1.00 bits per heavy atom. The number of carbonyl (C=O) groups is 3. The van der Waals surface area contributed by atoms with Crippen molar-refractivity contribution < 1.29 is 14.4 Å². The number of pyridine rings is 1. The first-order chi connectivity index (χ1) is 10.9. The van der Waals surface area contributed by atoms with Crippen LogP contribution in [0.1, 0.15) is 40.0 Å². The second-order valence-corrected chi connectivity index (χ2v) is 5.65. The number of nitrogens with zero attached hydrogens (tertiary/aromatic N) is 1. The molecule has 1 heterocycles. The molecule has 0 atom stereocenters. The minimum absolute atomic E-state index is 0.0710. The highest BCUT2D eigenvalue weighted by molar-refractivity contribution is 6.24. The van der Waals surface area contributed by atoms with Crippen molar-refractivity contribution in [3.8, 4) is 0 Å². The smallest absolute Gasteiger partial charge is 0.224 e. The molecule has 0 spiro atoms. The topological polar surface area (TPSA) is 76.1 Å². The summed E-state index contributed by atoms with van der Waals surface area (Å²) < 4.78 is 0. The minimum Gasteiger partial charge on any atom is -0.326 e. The Hall–Kier alpha value is -2.56. The molecular formula is C18H20N2O3. The summed E-state index contributed by atoms with van der Waals surface area (Å²) in [4.78, 5) is 40.1. The average Bonchev–Trinajstić information content (AvgIpc) is 2.55. The van der Waals surface area contributed by atoms with Gasteiger partial charge < -0.3 is 5.32 Å².